The first-order chi connectivity index (χ1) is 8.15. The second-order valence-electron chi connectivity index (χ2n) is 3.41. The molecular weight excluding hydrogens is 288 g/mol. The average Bonchev–Trinajstić information content (AvgIpc) is 2.30. The van der Waals surface area contributed by atoms with Gasteiger partial charge in [-0.2, -0.15) is 0 Å². The third kappa shape index (κ3) is 4.75. The summed E-state index contributed by atoms with van der Waals surface area (Å²) in [5.41, 5.74) is 0.228. The van der Waals surface area contributed by atoms with Gasteiger partial charge in [-0.1, -0.05) is 6.92 Å². The minimum Gasteiger partial charge on any atom is -0.490 e. The maximum Gasteiger partial charge on any atom is 0.335 e. The highest BCUT2D eigenvalue weighted by molar-refractivity contribution is 9.10. The van der Waals surface area contributed by atoms with Crippen molar-refractivity contribution in [2.24, 2.45) is 0 Å². The minimum absolute atomic E-state index is 0.228. The van der Waals surface area contributed by atoms with Gasteiger partial charge in [0.2, 0.25) is 0 Å². The van der Waals surface area contributed by atoms with Crippen LogP contribution in [0.25, 0.3) is 0 Å². The SMILES string of the molecule is CCCOCCOc1ccc(C(=O)O)cc1Br. The summed E-state index contributed by atoms with van der Waals surface area (Å²) in [6, 6.07) is 4.66. The highest BCUT2D eigenvalue weighted by atomic mass is 79.9. The van der Waals surface area contributed by atoms with E-state index < -0.39 is 5.97 Å². The fourth-order valence-electron chi connectivity index (χ4n) is 1.21. The summed E-state index contributed by atoms with van der Waals surface area (Å²) < 4.78 is 11.4. The number of rotatable bonds is 7. The van der Waals surface area contributed by atoms with Crippen LogP contribution in [0.5, 0.6) is 5.75 Å². The maximum atomic E-state index is 10.7. The van der Waals surface area contributed by atoms with Gasteiger partial charge in [0.15, 0.2) is 0 Å². The van der Waals surface area contributed by atoms with E-state index in [2.05, 4.69) is 15.9 Å². The fraction of sp³-hybridized carbons (Fsp3) is 0.417. The van der Waals surface area contributed by atoms with Crippen LogP contribution in [0.2, 0.25) is 0 Å². The molecule has 1 aromatic rings. The van der Waals surface area contributed by atoms with E-state index in [1.54, 1.807) is 6.07 Å². The van der Waals surface area contributed by atoms with Crippen molar-refractivity contribution in [2.75, 3.05) is 19.8 Å². The van der Waals surface area contributed by atoms with E-state index in [1.165, 1.54) is 12.1 Å². The van der Waals surface area contributed by atoms with Gasteiger partial charge in [0, 0.05) is 6.61 Å². The van der Waals surface area contributed by atoms with Crippen molar-refractivity contribution in [3.8, 4) is 5.75 Å². The van der Waals surface area contributed by atoms with Gasteiger partial charge >= 0.3 is 5.97 Å². The zero-order valence-corrected chi connectivity index (χ0v) is 11.2. The Bertz CT molecular complexity index is 379. The van der Waals surface area contributed by atoms with Crippen molar-refractivity contribution in [3.63, 3.8) is 0 Å². The van der Waals surface area contributed by atoms with Gasteiger partial charge in [-0.25, -0.2) is 4.79 Å². The first-order valence-electron chi connectivity index (χ1n) is 5.38. The normalized spacial score (nSPS) is 10.2. The van der Waals surface area contributed by atoms with E-state index in [9.17, 15) is 4.79 Å². The lowest BCUT2D eigenvalue weighted by Crippen LogP contribution is -2.07. The van der Waals surface area contributed by atoms with E-state index in [4.69, 9.17) is 14.6 Å². The summed E-state index contributed by atoms with van der Waals surface area (Å²) in [5, 5.41) is 8.79. The number of hydrogen-bond acceptors (Lipinski definition) is 3. The van der Waals surface area contributed by atoms with E-state index in [1.807, 2.05) is 6.92 Å². The second-order valence-corrected chi connectivity index (χ2v) is 4.27. The molecule has 0 amide bonds. The maximum absolute atomic E-state index is 10.7. The molecule has 0 unspecified atom stereocenters. The molecule has 17 heavy (non-hydrogen) atoms. The predicted octanol–water partition coefficient (Wildman–Crippen LogP) is 2.95. The van der Waals surface area contributed by atoms with Gasteiger partial charge < -0.3 is 14.6 Å². The van der Waals surface area contributed by atoms with Crippen LogP contribution < -0.4 is 4.74 Å². The van der Waals surface area contributed by atoms with Gasteiger partial charge in [-0.15, -0.1) is 0 Å². The van der Waals surface area contributed by atoms with Crippen molar-refractivity contribution in [1.29, 1.82) is 0 Å². The Morgan fingerprint density at radius 3 is 2.71 bits per heavy atom. The summed E-state index contributed by atoms with van der Waals surface area (Å²) in [4.78, 5) is 10.7. The number of benzene rings is 1. The summed E-state index contributed by atoms with van der Waals surface area (Å²) in [6.45, 7) is 3.75. The lowest BCUT2D eigenvalue weighted by atomic mass is 10.2. The lowest BCUT2D eigenvalue weighted by molar-refractivity contribution is 0.0696. The molecule has 94 valence electrons. The Hall–Kier alpha value is -1.07. The molecule has 0 bridgehead atoms. The number of hydrogen-bond donors (Lipinski definition) is 1. The Labute approximate surface area is 109 Å². The molecule has 0 saturated carbocycles. The summed E-state index contributed by atoms with van der Waals surface area (Å²) in [7, 11) is 0. The molecule has 0 aromatic heterocycles. The van der Waals surface area contributed by atoms with Gasteiger partial charge in [0.25, 0.3) is 0 Å². The standard InChI is InChI=1S/C12H15BrO4/c1-2-5-16-6-7-17-11-4-3-9(12(14)15)8-10(11)13/h3-4,8H,2,5-7H2,1H3,(H,14,15). The Morgan fingerprint density at radius 1 is 1.35 bits per heavy atom. The summed E-state index contributed by atoms with van der Waals surface area (Å²) >= 11 is 3.27. The fourth-order valence-corrected chi connectivity index (χ4v) is 1.70. The largest absolute Gasteiger partial charge is 0.490 e. The molecule has 1 rings (SSSR count). The predicted molar refractivity (Wildman–Crippen MR) is 67.7 cm³/mol. The average molecular weight is 303 g/mol. The molecule has 0 spiro atoms. The molecule has 1 aromatic carbocycles. The molecule has 0 radical (unpaired) electrons. The summed E-state index contributed by atoms with van der Waals surface area (Å²) in [6.07, 6.45) is 0.983. The van der Waals surface area contributed by atoms with Crippen LogP contribution in [-0.2, 0) is 4.74 Å². The zero-order chi connectivity index (χ0) is 12.7. The third-order valence-corrected chi connectivity index (χ3v) is 2.63. The van der Waals surface area contributed by atoms with E-state index in [0.717, 1.165) is 13.0 Å². The van der Waals surface area contributed by atoms with Crippen LogP contribution in [0, 0.1) is 0 Å². The monoisotopic (exact) mass is 302 g/mol. The second kappa shape index (κ2) is 7.29. The van der Waals surface area contributed by atoms with Crippen molar-refractivity contribution in [1.82, 2.24) is 0 Å². The Balaban J connectivity index is 2.46. The Morgan fingerprint density at radius 2 is 2.12 bits per heavy atom. The molecule has 0 atom stereocenters. The third-order valence-electron chi connectivity index (χ3n) is 2.01. The topological polar surface area (TPSA) is 55.8 Å². The molecule has 0 heterocycles. The van der Waals surface area contributed by atoms with Crippen molar-refractivity contribution >= 4 is 21.9 Å². The number of carboxylic acids is 1. The quantitative estimate of drug-likeness (QED) is 0.787. The summed E-state index contributed by atoms with van der Waals surface area (Å²) in [5.74, 6) is -0.335. The van der Waals surface area contributed by atoms with Crippen LogP contribution in [0.3, 0.4) is 0 Å². The van der Waals surface area contributed by atoms with Gasteiger partial charge in [-0.05, 0) is 40.5 Å². The first kappa shape index (κ1) is 14.0. The molecule has 4 nitrogen and oxygen atoms in total. The number of carbonyl (C=O) groups is 1. The van der Waals surface area contributed by atoms with Crippen molar-refractivity contribution < 1.29 is 19.4 Å². The first-order valence-corrected chi connectivity index (χ1v) is 6.18. The molecule has 0 aliphatic heterocycles. The van der Waals surface area contributed by atoms with E-state index >= 15 is 0 Å². The number of ether oxygens (including phenoxy) is 2. The highest BCUT2D eigenvalue weighted by Crippen LogP contribution is 2.25. The molecule has 5 heteroatoms. The van der Waals surface area contributed by atoms with E-state index in [-0.39, 0.29) is 5.56 Å². The smallest absolute Gasteiger partial charge is 0.335 e. The van der Waals surface area contributed by atoms with Crippen LogP contribution >= 0.6 is 15.9 Å². The van der Waals surface area contributed by atoms with Crippen LogP contribution in [-0.4, -0.2) is 30.9 Å². The van der Waals surface area contributed by atoms with Gasteiger partial charge in [0.05, 0.1) is 16.6 Å². The Kier molecular flexibility index (Phi) is 6.00. The van der Waals surface area contributed by atoms with Crippen molar-refractivity contribution in [3.05, 3.63) is 28.2 Å². The number of aromatic carboxylic acids is 1. The lowest BCUT2D eigenvalue weighted by Gasteiger charge is -2.08. The molecule has 0 fully saturated rings. The molecule has 1 N–H and O–H groups in total. The number of carboxylic acid groups (broad SMARTS) is 1. The molecule has 0 saturated heterocycles. The van der Waals surface area contributed by atoms with Crippen LogP contribution in [0.4, 0.5) is 0 Å². The van der Waals surface area contributed by atoms with Gasteiger partial charge in [0.1, 0.15) is 12.4 Å². The van der Waals surface area contributed by atoms with Crippen LogP contribution in [0.1, 0.15) is 23.7 Å². The highest BCUT2D eigenvalue weighted by Gasteiger charge is 2.07. The molecule has 0 aliphatic rings. The van der Waals surface area contributed by atoms with E-state index in [0.29, 0.717) is 23.4 Å². The number of halogens is 1. The molecular formula is C12H15BrO4. The zero-order valence-electron chi connectivity index (χ0n) is 9.61. The minimum atomic E-state index is -0.955. The molecule has 0 aliphatic carbocycles. The van der Waals surface area contributed by atoms with Crippen molar-refractivity contribution in [2.45, 2.75) is 13.3 Å². The van der Waals surface area contributed by atoms with Gasteiger partial charge in [-0.3, -0.25) is 0 Å². The van der Waals surface area contributed by atoms with Crippen LogP contribution in [0.15, 0.2) is 22.7 Å².